The summed E-state index contributed by atoms with van der Waals surface area (Å²) in [4.78, 5) is 24.5. The minimum atomic E-state index is -0.668. The third kappa shape index (κ3) is 51.8. The number of ether oxygens (including phenoxy) is 1. The van der Waals surface area contributed by atoms with E-state index in [9.17, 15) is 19.8 Å². The fourth-order valence-corrected chi connectivity index (χ4v) is 9.28. The maximum atomic E-state index is 12.5. The Bertz CT molecular complexity index is 970. The Morgan fingerprint density at radius 2 is 0.723 bits per heavy atom. The van der Waals surface area contributed by atoms with E-state index in [1.165, 1.54) is 250 Å². The van der Waals surface area contributed by atoms with Gasteiger partial charge in [-0.15, -0.1) is 0 Å². The van der Waals surface area contributed by atoms with Crippen molar-refractivity contribution in [1.82, 2.24) is 5.32 Å². The van der Waals surface area contributed by atoms with Crippen LogP contribution in [0.1, 0.15) is 328 Å². The average Bonchev–Trinajstić information content (AvgIpc) is 3.31. The molecule has 0 aliphatic carbocycles. The number of carbonyl (C=O) groups is 2. The van der Waals surface area contributed by atoms with Gasteiger partial charge >= 0.3 is 5.97 Å². The van der Waals surface area contributed by atoms with Crippen molar-refractivity contribution in [2.45, 2.75) is 341 Å². The highest BCUT2D eigenvalue weighted by Gasteiger charge is 2.20. The zero-order chi connectivity index (χ0) is 47.2. The van der Waals surface area contributed by atoms with Gasteiger partial charge in [0, 0.05) is 12.8 Å². The van der Waals surface area contributed by atoms with Crippen molar-refractivity contribution >= 4 is 11.9 Å². The van der Waals surface area contributed by atoms with Crippen molar-refractivity contribution in [3.63, 3.8) is 0 Å². The zero-order valence-corrected chi connectivity index (χ0v) is 44.0. The summed E-state index contributed by atoms with van der Waals surface area (Å²) in [6.45, 7) is 4.95. The molecule has 0 aromatic rings. The van der Waals surface area contributed by atoms with Crippen LogP contribution in [0.3, 0.4) is 0 Å². The van der Waals surface area contributed by atoms with Crippen LogP contribution in [0.25, 0.3) is 0 Å². The highest BCUT2D eigenvalue weighted by molar-refractivity contribution is 5.76. The van der Waals surface area contributed by atoms with Crippen molar-refractivity contribution in [1.29, 1.82) is 0 Å². The molecule has 0 saturated heterocycles. The monoisotopic (exact) mass is 918 g/mol. The molecule has 0 heterocycles. The molecule has 0 aliphatic heterocycles. The van der Waals surface area contributed by atoms with Crippen molar-refractivity contribution in [3.8, 4) is 0 Å². The molecule has 0 aromatic heterocycles. The van der Waals surface area contributed by atoms with Crippen LogP contribution in [0.5, 0.6) is 0 Å². The van der Waals surface area contributed by atoms with Gasteiger partial charge in [-0.1, -0.05) is 276 Å². The Kier molecular flexibility index (Phi) is 54.0. The number of carbonyl (C=O) groups excluding carboxylic acids is 2. The van der Waals surface area contributed by atoms with E-state index in [0.717, 1.165) is 44.9 Å². The number of aliphatic hydroxyl groups is 2. The van der Waals surface area contributed by atoms with Crippen LogP contribution in [0.4, 0.5) is 0 Å². The van der Waals surface area contributed by atoms with Crippen LogP contribution in [0.2, 0.25) is 0 Å². The number of hydrogen-bond donors (Lipinski definition) is 3. The predicted molar refractivity (Wildman–Crippen MR) is 283 cm³/mol. The lowest BCUT2D eigenvalue weighted by atomic mass is 10.0. The number of hydrogen-bond acceptors (Lipinski definition) is 5. The fourth-order valence-electron chi connectivity index (χ4n) is 9.28. The number of nitrogens with one attached hydrogen (secondary N) is 1. The summed E-state index contributed by atoms with van der Waals surface area (Å²) in [6, 6.07) is -0.546. The highest BCUT2D eigenvalue weighted by atomic mass is 16.5. The van der Waals surface area contributed by atoms with Crippen molar-refractivity contribution in [3.05, 3.63) is 12.2 Å². The molecule has 0 radical (unpaired) electrons. The van der Waals surface area contributed by atoms with Crippen LogP contribution in [-0.2, 0) is 14.3 Å². The number of unbranched alkanes of at least 4 members (excludes halogenated alkanes) is 42. The first kappa shape index (κ1) is 63.6. The average molecular weight is 919 g/mol. The van der Waals surface area contributed by atoms with Crippen LogP contribution >= 0.6 is 0 Å². The number of allylic oxidation sites excluding steroid dienone is 2. The van der Waals surface area contributed by atoms with Gasteiger partial charge in [-0.2, -0.15) is 0 Å². The summed E-state index contributed by atoms with van der Waals surface area (Å²) in [5.41, 5.74) is 0. The van der Waals surface area contributed by atoms with E-state index < -0.39 is 12.1 Å². The van der Waals surface area contributed by atoms with Gasteiger partial charge in [0.25, 0.3) is 0 Å². The lowest BCUT2D eigenvalue weighted by Crippen LogP contribution is -2.45. The van der Waals surface area contributed by atoms with Gasteiger partial charge in [0.15, 0.2) is 0 Å². The molecule has 2 atom stereocenters. The third-order valence-corrected chi connectivity index (χ3v) is 13.8. The standard InChI is InChI=1S/C59H115NO5/c1-3-5-7-9-11-13-15-17-19-20-21-25-29-33-37-41-45-49-53-59(64)65-54-50-46-42-38-34-30-26-23-22-24-28-32-36-40-44-48-52-58(63)60-56(55-61)57(62)51-47-43-39-35-31-27-18-16-14-12-10-8-6-4-2/h19-20,56-57,61-62H,3-18,21-55H2,1-2H3,(H,60,63)/b20-19-. The second-order valence-electron chi connectivity index (χ2n) is 20.3. The van der Waals surface area contributed by atoms with Crippen molar-refractivity contribution < 1.29 is 24.5 Å². The molecule has 0 rings (SSSR count). The Morgan fingerprint density at radius 3 is 1.09 bits per heavy atom. The van der Waals surface area contributed by atoms with E-state index in [2.05, 4.69) is 31.3 Å². The van der Waals surface area contributed by atoms with E-state index in [4.69, 9.17) is 4.74 Å². The van der Waals surface area contributed by atoms with Crippen LogP contribution < -0.4 is 5.32 Å². The molecule has 0 aliphatic rings. The molecule has 6 nitrogen and oxygen atoms in total. The molecule has 3 N–H and O–H groups in total. The van der Waals surface area contributed by atoms with E-state index in [1.54, 1.807) is 0 Å². The van der Waals surface area contributed by atoms with Gasteiger partial charge in [-0.3, -0.25) is 9.59 Å². The van der Waals surface area contributed by atoms with E-state index >= 15 is 0 Å². The molecule has 65 heavy (non-hydrogen) atoms. The maximum absolute atomic E-state index is 12.5. The first-order chi connectivity index (χ1) is 32.0. The minimum absolute atomic E-state index is 0.000959. The van der Waals surface area contributed by atoms with Gasteiger partial charge in [0.2, 0.25) is 5.91 Å². The lowest BCUT2D eigenvalue weighted by molar-refractivity contribution is -0.143. The fraction of sp³-hybridized carbons (Fsp3) is 0.932. The molecule has 0 spiro atoms. The van der Waals surface area contributed by atoms with Crippen LogP contribution in [0.15, 0.2) is 12.2 Å². The molecule has 2 unspecified atom stereocenters. The summed E-state index contributed by atoms with van der Waals surface area (Å²) in [5, 5.41) is 23.3. The van der Waals surface area contributed by atoms with Crippen molar-refractivity contribution in [2.75, 3.05) is 13.2 Å². The first-order valence-electron chi connectivity index (χ1n) is 29.4. The number of esters is 1. The van der Waals surface area contributed by atoms with Crippen molar-refractivity contribution in [2.24, 2.45) is 0 Å². The molecule has 1 amide bonds. The Labute approximate surface area is 406 Å². The smallest absolute Gasteiger partial charge is 0.305 e. The van der Waals surface area contributed by atoms with E-state index in [-0.39, 0.29) is 18.5 Å². The van der Waals surface area contributed by atoms with Gasteiger partial charge < -0.3 is 20.3 Å². The summed E-state index contributed by atoms with van der Waals surface area (Å²) in [5.74, 6) is -0.0391. The molecule has 6 heteroatoms. The highest BCUT2D eigenvalue weighted by Crippen LogP contribution is 2.17. The molecular weight excluding hydrogens is 803 g/mol. The lowest BCUT2D eigenvalue weighted by Gasteiger charge is -2.22. The molecule has 0 bridgehead atoms. The normalized spacial score (nSPS) is 12.6. The Balaban J connectivity index is 3.40. The number of rotatable bonds is 55. The molecule has 0 saturated carbocycles. The molecular formula is C59H115NO5. The van der Waals surface area contributed by atoms with Gasteiger partial charge in [0.05, 0.1) is 25.4 Å². The van der Waals surface area contributed by atoms with Gasteiger partial charge in [-0.05, 0) is 51.4 Å². The number of aliphatic hydroxyl groups excluding tert-OH is 2. The minimum Gasteiger partial charge on any atom is -0.466 e. The third-order valence-electron chi connectivity index (χ3n) is 13.8. The summed E-state index contributed by atoms with van der Waals surface area (Å²) in [6.07, 6.45) is 64.8. The number of amides is 1. The Morgan fingerprint density at radius 1 is 0.415 bits per heavy atom. The molecule has 0 aromatic carbocycles. The van der Waals surface area contributed by atoms with Gasteiger partial charge in [0.1, 0.15) is 0 Å². The summed E-state index contributed by atoms with van der Waals surface area (Å²) in [7, 11) is 0. The largest absolute Gasteiger partial charge is 0.466 e. The van der Waals surface area contributed by atoms with E-state index in [0.29, 0.717) is 25.9 Å². The molecule has 0 fully saturated rings. The predicted octanol–water partition coefficient (Wildman–Crippen LogP) is 18.1. The second-order valence-corrected chi connectivity index (χ2v) is 20.3. The van der Waals surface area contributed by atoms with Gasteiger partial charge in [-0.25, -0.2) is 0 Å². The van der Waals surface area contributed by atoms with Crippen LogP contribution in [-0.4, -0.2) is 47.4 Å². The molecule has 386 valence electrons. The second kappa shape index (κ2) is 55.2. The zero-order valence-electron chi connectivity index (χ0n) is 44.0. The summed E-state index contributed by atoms with van der Waals surface area (Å²) < 4.78 is 5.49. The topological polar surface area (TPSA) is 95.9 Å². The van der Waals surface area contributed by atoms with Crippen LogP contribution in [0, 0.1) is 0 Å². The Hall–Kier alpha value is -1.40. The first-order valence-corrected chi connectivity index (χ1v) is 29.4. The van der Waals surface area contributed by atoms with E-state index in [1.807, 2.05) is 0 Å². The summed E-state index contributed by atoms with van der Waals surface area (Å²) >= 11 is 0. The maximum Gasteiger partial charge on any atom is 0.305 e. The SMILES string of the molecule is CCCCCCCCC/C=C\CCCCCCCCCC(=O)OCCCCCCCCCCCCCCCCCCC(=O)NC(CO)C(O)CCCCCCCCCCCCCCCC. The quantitative estimate of drug-likeness (QED) is 0.0321.